The summed E-state index contributed by atoms with van der Waals surface area (Å²) in [5.41, 5.74) is 0.537. The van der Waals surface area contributed by atoms with E-state index in [0.717, 1.165) is 32.0 Å². The summed E-state index contributed by atoms with van der Waals surface area (Å²) in [5.74, 6) is -1.06. The van der Waals surface area contributed by atoms with Gasteiger partial charge in [0.25, 0.3) is 0 Å². The zero-order chi connectivity index (χ0) is 13.1. The molecule has 0 radical (unpaired) electrons. The van der Waals surface area contributed by atoms with Gasteiger partial charge in [0.05, 0.1) is 0 Å². The van der Waals surface area contributed by atoms with Crippen molar-refractivity contribution in [1.29, 1.82) is 0 Å². The van der Waals surface area contributed by atoms with Gasteiger partial charge in [-0.1, -0.05) is 0 Å². The summed E-state index contributed by atoms with van der Waals surface area (Å²) in [4.78, 5) is 2.42. The van der Waals surface area contributed by atoms with Crippen molar-refractivity contribution in [3.63, 3.8) is 0 Å². The molecule has 0 bridgehead atoms. The maximum Gasteiger partial charge on any atom is 0.128 e. The minimum Gasteiger partial charge on any atom is -0.382 e. The van der Waals surface area contributed by atoms with E-state index in [0.29, 0.717) is 17.8 Å². The van der Waals surface area contributed by atoms with Gasteiger partial charge in [-0.15, -0.1) is 0 Å². The van der Waals surface area contributed by atoms with Crippen LogP contribution in [0.25, 0.3) is 0 Å². The van der Waals surface area contributed by atoms with E-state index in [1.165, 1.54) is 12.1 Å². The van der Waals surface area contributed by atoms with E-state index < -0.39 is 11.6 Å². The largest absolute Gasteiger partial charge is 0.382 e. The third-order valence-electron chi connectivity index (χ3n) is 3.49. The highest BCUT2D eigenvalue weighted by Gasteiger charge is 2.20. The van der Waals surface area contributed by atoms with Gasteiger partial charge >= 0.3 is 0 Å². The first-order chi connectivity index (χ1) is 8.54. The van der Waals surface area contributed by atoms with Gasteiger partial charge in [-0.05, 0) is 38.8 Å². The standard InChI is InChI=1S/C14H20F2N2/c1-10(2)18-5-3-13(4-6-18)17-14-8-11(15)7-12(16)9-14/h7-10,13,17H,3-6H2,1-2H3. The molecule has 0 aliphatic carbocycles. The minimum atomic E-state index is -0.530. The summed E-state index contributed by atoms with van der Waals surface area (Å²) >= 11 is 0. The fourth-order valence-electron chi connectivity index (χ4n) is 2.43. The predicted octanol–water partition coefficient (Wildman–Crippen LogP) is 3.25. The minimum absolute atomic E-state index is 0.307. The van der Waals surface area contributed by atoms with Gasteiger partial charge < -0.3 is 10.2 Å². The lowest BCUT2D eigenvalue weighted by molar-refractivity contribution is 0.177. The molecule has 1 fully saturated rings. The lowest BCUT2D eigenvalue weighted by Crippen LogP contribution is -2.42. The molecule has 1 aromatic rings. The van der Waals surface area contributed by atoms with Crippen molar-refractivity contribution in [2.45, 2.75) is 38.8 Å². The SMILES string of the molecule is CC(C)N1CCC(Nc2cc(F)cc(F)c2)CC1. The number of halogens is 2. The summed E-state index contributed by atoms with van der Waals surface area (Å²) in [5, 5.41) is 3.22. The average Bonchev–Trinajstić information content (AvgIpc) is 2.28. The molecule has 1 aliphatic heterocycles. The fraction of sp³-hybridized carbons (Fsp3) is 0.571. The number of hydrogen-bond donors (Lipinski definition) is 1. The first-order valence-electron chi connectivity index (χ1n) is 6.51. The number of hydrogen-bond acceptors (Lipinski definition) is 2. The maximum absolute atomic E-state index is 13.1. The molecule has 4 heteroatoms. The molecular formula is C14H20F2N2. The molecule has 1 N–H and O–H groups in total. The third kappa shape index (κ3) is 3.42. The Balaban J connectivity index is 1.91. The average molecular weight is 254 g/mol. The van der Waals surface area contributed by atoms with E-state index in [4.69, 9.17) is 0 Å². The van der Waals surface area contributed by atoms with Gasteiger partial charge in [-0.25, -0.2) is 8.78 Å². The molecule has 1 aliphatic rings. The molecular weight excluding hydrogens is 234 g/mol. The molecule has 0 amide bonds. The quantitative estimate of drug-likeness (QED) is 0.890. The Kier molecular flexibility index (Phi) is 4.17. The second kappa shape index (κ2) is 5.65. The van der Waals surface area contributed by atoms with Crippen LogP contribution in [0, 0.1) is 11.6 Å². The van der Waals surface area contributed by atoms with Crippen molar-refractivity contribution < 1.29 is 8.78 Å². The van der Waals surface area contributed by atoms with E-state index in [1.807, 2.05) is 0 Å². The van der Waals surface area contributed by atoms with Crippen LogP contribution >= 0.6 is 0 Å². The van der Waals surface area contributed by atoms with Crippen LogP contribution in [0.5, 0.6) is 0 Å². The van der Waals surface area contributed by atoms with Crippen molar-refractivity contribution in [3.8, 4) is 0 Å². The van der Waals surface area contributed by atoms with E-state index in [1.54, 1.807) is 0 Å². The van der Waals surface area contributed by atoms with Gasteiger partial charge in [0, 0.05) is 36.9 Å². The predicted molar refractivity (Wildman–Crippen MR) is 69.7 cm³/mol. The highest BCUT2D eigenvalue weighted by atomic mass is 19.1. The molecule has 0 unspecified atom stereocenters. The summed E-state index contributed by atoms with van der Waals surface area (Å²) in [7, 11) is 0. The summed E-state index contributed by atoms with van der Waals surface area (Å²) < 4.78 is 26.1. The number of likely N-dealkylation sites (tertiary alicyclic amines) is 1. The van der Waals surface area contributed by atoms with E-state index in [9.17, 15) is 8.78 Å². The summed E-state index contributed by atoms with van der Waals surface area (Å²) in [6, 6.07) is 4.46. The molecule has 2 nitrogen and oxygen atoms in total. The van der Waals surface area contributed by atoms with Crippen LogP contribution in [-0.4, -0.2) is 30.1 Å². The van der Waals surface area contributed by atoms with E-state index in [-0.39, 0.29) is 0 Å². The summed E-state index contributed by atoms with van der Waals surface area (Å²) in [6.07, 6.45) is 2.02. The fourth-order valence-corrected chi connectivity index (χ4v) is 2.43. The third-order valence-corrected chi connectivity index (χ3v) is 3.49. The Morgan fingerprint density at radius 1 is 1.11 bits per heavy atom. The van der Waals surface area contributed by atoms with Gasteiger partial charge in [0.1, 0.15) is 11.6 Å². The van der Waals surface area contributed by atoms with Crippen LogP contribution in [0.1, 0.15) is 26.7 Å². The molecule has 1 aromatic carbocycles. The maximum atomic E-state index is 13.1. The van der Waals surface area contributed by atoms with Gasteiger partial charge in [-0.2, -0.15) is 0 Å². The van der Waals surface area contributed by atoms with Crippen molar-refractivity contribution in [3.05, 3.63) is 29.8 Å². The highest BCUT2D eigenvalue weighted by Crippen LogP contribution is 2.19. The zero-order valence-corrected chi connectivity index (χ0v) is 10.9. The van der Waals surface area contributed by atoms with Crippen LogP contribution < -0.4 is 5.32 Å². The highest BCUT2D eigenvalue weighted by molar-refractivity contribution is 5.44. The molecule has 0 saturated carbocycles. The molecule has 18 heavy (non-hydrogen) atoms. The molecule has 2 rings (SSSR count). The number of anilines is 1. The van der Waals surface area contributed by atoms with Gasteiger partial charge in [0.15, 0.2) is 0 Å². The Hall–Kier alpha value is -1.16. The van der Waals surface area contributed by atoms with Crippen molar-refractivity contribution in [1.82, 2.24) is 4.90 Å². The second-order valence-electron chi connectivity index (χ2n) is 5.21. The molecule has 1 heterocycles. The number of piperidine rings is 1. The Morgan fingerprint density at radius 2 is 1.67 bits per heavy atom. The van der Waals surface area contributed by atoms with Gasteiger partial charge in [-0.3, -0.25) is 0 Å². The van der Waals surface area contributed by atoms with Crippen LogP contribution in [-0.2, 0) is 0 Å². The first-order valence-corrected chi connectivity index (χ1v) is 6.51. The lowest BCUT2D eigenvalue weighted by atomic mass is 10.0. The normalized spacial score (nSPS) is 18.3. The van der Waals surface area contributed by atoms with Gasteiger partial charge in [0.2, 0.25) is 0 Å². The molecule has 1 saturated heterocycles. The zero-order valence-electron chi connectivity index (χ0n) is 10.9. The number of nitrogens with one attached hydrogen (secondary N) is 1. The van der Waals surface area contributed by atoms with Crippen molar-refractivity contribution in [2.24, 2.45) is 0 Å². The lowest BCUT2D eigenvalue weighted by Gasteiger charge is -2.35. The molecule has 0 atom stereocenters. The van der Waals surface area contributed by atoms with Crippen LogP contribution in [0.3, 0.4) is 0 Å². The Morgan fingerprint density at radius 3 is 2.17 bits per heavy atom. The topological polar surface area (TPSA) is 15.3 Å². The van der Waals surface area contributed by atoms with Crippen LogP contribution in [0.4, 0.5) is 14.5 Å². The number of rotatable bonds is 3. The molecule has 0 spiro atoms. The Labute approximate surface area is 107 Å². The van der Waals surface area contributed by atoms with Crippen LogP contribution in [0.15, 0.2) is 18.2 Å². The Bertz CT molecular complexity index is 379. The summed E-state index contributed by atoms with van der Waals surface area (Å²) in [6.45, 7) is 6.45. The van der Waals surface area contributed by atoms with Crippen molar-refractivity contribution in [2.75, 3.05) is 18.4 Å². The molecule has 0 aromatic heterocycles. The van der Waals surface area contributed by atoms with Crippen molar-refractivity contribution >= 4 is 5.69 Å². The van der Waals surface area contributed by atoms with E-state index in [2.05, 4.69) is 24.1 Å². The molecule has 100 valence electrons. The monoisotopic (exact) mass is 254 g/mol. The van der Waals surface area contributed by atoms with Crippen LogP contribution in [0.2, 0.25) is 0 Å². The smallest absolute Gasteiger partial charge is 0.128 e. The second-order valence-corrected chi connectivity index (χ2v) is 5.21. The first kappa shape index (κ1) is 13.3. The number of nitrogens with zero attached hydrogens (tertiary/aromatic N) is 1. The number of benzene rings is 1. The van der Waals surface area contributed by atoms with E-state index >= 15 is 0 Å².